The third-order valence-electron chi connectivity index (χ3n) is 9.66. The lowest BCUT2D eigenvalue weighted by Crippen LogP contribution is -2.27. The van der Waals surface area contributed by atoms with Gasteiger partial charge in [0.25, 0.3) is 0 Å². The van der Waals surface area contributed by atoms with Crippen molar-refractivity contribution in [1.82, 2.24) is 19.9 Å². The lowest BCUT2D eigenvalue weighted by Gasteiger charge is -2.19. The van der Waals surface area contributed by atoms with Gasteiger partial charge >= 0.3 is 5.97 Å². The van der Waals surface area contributed by atoms with Crippen LogP contribution in [-0.2, 0) is 21.4 Å². The molecule has 0 saturated heterocycles. The van der Waals surface area contributed by atoms with Crippen molar-refractivity contribution in [2.75, 3.05) is 7.11 Å². The molecule has 9 heteroatoms. The van der Waals surface area contributed by atoms with Crippen LogP contribution in [0, 0.1) is 13.8 Å². The number of methoxy groups -OCH3 is 1. The molecule has 6 rings (SSSR count). The van der Waals surface area contributed by atoms with E-state index in [2.05, 4.69) is 16.9 Å². The van der Waals surface area contributed by atoms with E-state index in [1.165, 1.54) is 7.11 Å². The maximum atomic E-state index is 13.7. The Balaban J connectivity index is 1.75. The molecule has 1 unspecified atom stereocenters. The summed E-state index contributed by atoms with van der Waals surface area (Å²) in [4.78, 5) is 68.2. The number of hydrogen-bond donors (Lipinski definition) is 2. The van der Waals surface area contributed by atoms with Crippen molar-refractivity contribution < 1.29 is 23.9 Å². The molecular weight excluding hydrogens is 532 g/mol. The average molecular weight is 567 g/mol. The number of aromatic amines is 2. The molecule has 0 amide bonds. The van der Waals surface area contributed by atoms with Gasteiger partial charge in [-0.1, -0.05) is 13.8 Å². The Morgan fingerprint density at radius 3 is 2.52 bits per heavy atom. The minimum absolute atomic E-state index is 0.0118. The van der Waals surface area contributed by atoms with Crippen LogP contribution in [0.5, 0.6) is 0 Å². The summed E-state index contributed by atoms with van der Waals surface area (Å²) in [5, 5.41) is 0. The number of H-pyrrole nitrogens is 2. The molecule has 0 aromatic carbocycles. The molecule has 0 spiro atoms. The first-order valence-corrected chi connectivity index (χ1v) is 14.4. The van der Waals surface area contributed by atoms with Crippen LogP contribution in [0.4, 0.5) is 0 Å². The van der Waals surface area contributed by atoms with E-state index in [0.717, 1.165) is 45.4 Å². The third kappa shape index (κ3) is 3.97. The Hall–Kier alpha value is -4.40. The highest BCUT2D eigenvalue weighted by atomic mass is 16.5. The molecule has 0 saturated carbocycles. The molecule has 3 aromatic heterocycles. The van der Waals surface area contributed by atoms with E-state index in [9.17, 15) is 19.2 Å². The van der Waals surface area contributed by atoms with Gasteiger partial charge in [-0.25, -0.2) is 4.98 Å². The standard InChI is InChI=1S/C33H34N4O5/c1-7-33(5)27-13-23-17(4)29-26(39)10-19(31(29)37-23)30-18(8-9-28(40)42-6)15(2)22(36-30)11-21-16(3)20(14-38)24(34-21)12-25(35-27)32(33)41/h11-15,18,34,37H,7-10H2,1-6H3/t15-,18-,33?/m0/s1. The minimum atomic E-state index is -0.857. The third-order valence-corrected chi connectivity index (χ3v) is 9.66. The summed E-state index contributed by atoms with van der Waals surface area (Å²) in [6.07, 6.45) is 2.29. The molecule has 3 aliphatic rings. The predicted octanol–water partition coefficient (Wildman–Crippen LogP) is 5.87. The summed E-state index contributed by atoms with van der Waals surface area (Å²) < 4.78 is 4.92. The zero-order valence-electron chi connectivity index (χ0n) is 24.7. The van der Waals surface area contributed by atoms with Crippen molar-refractivity contribution in [2.24, 2.45) is 0 Å². The molecule has 0 radical (unpaired) electrons. The van der Waals surface area contributed by atoms with E-state index in [1.54, 1.807) is 6.07 Å². The van der Waals surface area contributed by atoms with Gasteiger partial charge in [0.05, 0.1) is 34.9 Å². The number of rotatable bonds is 5. The van der Waals surface area contributed by atoms with E-state index in [-0.39, 0.29) is 47.9 Å². The van der Waals surface area contributed by atoms with E-state index in [0.29, 0.717) is 40.7 Å². The maximum absolute atomic E-state index is 13.7. The number of aryl methyl sites for hydroxylation is 2. The highest BCUT2D eigenvalue weighted by Gasteiger charge is 2.41. The van der Waals surface area contributed by atoms with Crippen LogP contribution < -0.4 is 0 Å². The molecule has 216 valence electrons. The van der Waals surface area contributed by atoms with E-state index in [1.807, 2.05) is 39.8 Å². The van der Waals surface area contributed by atoms with Crippen LogP contribution in [0.3, 0.4) is 0 Å². The molecule has 42 heavy (non-hydrogen) atoms. The molecule has 3 aromatic rings. The number of carbonyl (C=O) groups is 4. The van der Waals surface area contributed by atoms with Crippen LogP contribution in [-0.4, -0.2) is 50.9 Å². The smallest absolute Gasteiger partial charge is 0.305 e. The largest absolute Gasteiger partial charge is 0.469 e. The van der Waals surface area contributed by atoms with Crippen LogP contribution in [0.15, 0.2) is 18.2 Å². The summed E-state index contributed by atoms with van der Waals surface area (Å²) in [6.45, 7) is 9.67. The van der Waals surface area contributed by atoms with Gasteiger partial charge in [-0.3, -0.25) is 24.2 Å². The number of ketones is 2. The number of Topliss-reactive ketones (excluding diaryl/α,β-unsaturated/α-hetero) is 2. The zero-order chi connectivity index (χ0) is 30.1. The number of hydrogen-bond acceptors (Lipinski definition) is 7. The topological polar surface area (TPSA) is 135 Å². The molecule has 0 fully saturated rings. The number of aldehydes is 1. The average Bonchev–Trinajstić information content (AvgIpc) is 3.71. The van der Waals surface area contributed by atoms with Gasteiger partial charge in [0.1, 0.15) is 5.69 Å². The van der Waals surface area contributed by atoms with Crippen LogP contribution in [0.2, 0.25) is 0 Å². The van der Waals surface area contributed by atoms with Crippen molar-refractivity contribution in [3.8, 4) is 0 Å². The SMILES string of the molecule is CCC1(C)C(=O)c2cc3[nH]c(cc4nc(c5c6[nH]c(cc1n2)c(C)c6C(=O)C5)[C@@H](CCC(=O)OC)[C@@H]4C)c(C)c3C=O. The normalized spacial score (nSPS) is 21.2. The first-order chi connectivity index (χ1) is 20.0. The summed E-state index contributed by atoms with van der Waals surface area (Å²) >= 11 is 0. The summed E-state index contributed by atoms with van der Waals surface area (Å²) in [7, 11) is 1.38. The lowest BCUT2D eigenvalue weighted by molar-refractivity contribution is -0.140. The van der Waals surface area contributed by atoms with Crippen molar-refractivity contribution in [2.45, 2.75) is 77.6 Å². The number of nitrogens with one attached hydrogen (secondary N) is 2. The zero-order valence-corrected chi connectivity index (χ0v) is 24.7. The maximum Gasteiger partial charge on any atom is 0.305 e. The molecule has 9 nitrogen and oxygen atoms in total. The summed E-state index contributed by atoms with van der Waals surface area (Å²) in [5.41, 5.74) is 7.77. The molecule has 2 N–H and O–H groups in total. The number of aromatic nitrogens is 4. The van der Waals surface area contributed by atoms with Crippen LogP contribution >= 0.6 is 0 Å². The van der Waals surface area contributed by atoms with Crippen LogP contribution in [0.25, 0.3) is 22.1 Å². The van der Waals surface area contributed by atoms with Gasteiger partial charge in [-0.05, 0) is 62.9 Å². The van der Waals surface area contributed by atoms with Crippen molar-refractivity contribution in [3.05, 3.63) is 68.8 Å². The number of fused-ring (bicyclic) bond motifs is 8. The number of esters is 1. The Morgan fingerprint density at radius 2 is 1.83 bits per heavy atom. The minimum Gasteiger partial charge on any atom is -0.469 e. The van der Waals surface area contributed by atoms with Gasteiger partial charge in [-0.2, -0.15) is 0 Å². The number of carbonyl (C=O) groups excluding carboxylic acids is 4. The fraction of sp³-hybridized carbons (Fsp3) is 0.394. The summed E-state index contributed by atoms with van der Waals surface area (Å²) in [5.74, 6) is -0.573. The molecule has 3 atom stereocenters. The highest BCUT2D eigenvalue weighted by molar-refractivity contribution is 6.13. The van der Waals surface area contributed by atoms with Crippen molar-refractivity contribution >= 4 is 45.9 Å². The summed E-state index contributed by atoms with van der Waals surface area (Å²) in [6, 6.07) is 5.46. The van der Waals surface area contributed by atoms with Gasteiger partial charge < -0.3 is 14.7 Å². The molecule has 2 aliphatic heterocycles. The van der Waals surface area contributed by atoms with Gasteiger partial charge in [0.2, 0.25) is 0 Å². The van der Waals surface area contributed by atoms with Gasteiger partial charge in [-0.15, -0.1) is 0 Å². The molecule has 5 heterocycles. The van der Waals surface area contributed by atoms with E-state index >= 15 is 0 Å². The Labute approximate surface area is 243 Å². The van der Waals surface area contributed by atoms with E-state index < -0.39 is 5.41 Å². The quantitative estimate of drug-likeness (QED) is 0.291. The Kier molecular flexibility index (Phi) is 6.51. The van der Waals surface area contributed by atoms with E-state index in [4.69, 9.17) is 14.7 Å². The highest BCUT2D eigenvalue weighted by Crippen LogP contribution is 2.44. The van der Waals surface area contributed by atoms with Crippen LogP contribution in [0.1, 0.15) is 117 Å². The van der Waals surface area contributed by atoms with Crippen molar-refractivity contribution in [1.29, 1.82) is 0 Å². The number of ether oxygens (including phenoxy) is 1. The van der Waals surface area contributed by atoms with Crippen molar-refractivity contribution in [3.63, 3.8) is 0 Å². The molecule has 8 bridgehead atoms. The second kappa shape index (κ2) is 9.86. The second-order valence-electron chi connectivity index (χ2n) is 11.9. The van der Waals surface area contributed by atoms with Gasteiger partial charge in [0, 0.05) is 58.1 Å². The second-order valence-corrected chi connectivity index (χ2v) is 11.9. The predicted molar refractivity (Wildman–Crippen MR) is 158 cm³/mol. The molecular formula is C33H34N4O5. The molecule has 1 aliphatic carbocycles. The van der Waals surface area contributed by atoms with Gasteiger partial charge in [0.15, 0.2) is 17.9 Å². The fourth-order valence-electron chi connectivity index (χ4n) is 6.69. The lowest BCUT2D eigenvalue weighted by atomic mass is 9.80. The first kappa shape index (κ1) is 27.8. The number of nitrogens with zero attached hydrogens (tertiary/aromatic N) is 2. The Morgan fingerprint density at radius 1 is 1.10 bits per heavy atom. The first-order valence-electron chi connectivity index (χ1n) is 14.4. The Bertz CT molecular complexity index is 1880. The monoisotopic (exact) mass is 566 g/mol. The fourth-order valence-corrected chi connectivity index (χ4v) is 6.69.